The molecule has 1 rings (SSSR count). The van der Waals surface area contributed by atoms with Crippen molar-refractivity contribution in [2.45, 2.75) is 18.2 Å². The third-order valence-corrected chi connectivity index (χ3v) is 2.88. The summed E-state index contributed by atoms with van der Waals surface area (Å²) in [5, 5.41) is 10.8. The van der Waals surface area contributed by atoms with E-state index < -0.39 is 21.5 Å². The molecule has 5 nitrogen and oxygen atoms in total. The van der Waals surface area contributed by atoms with Gasteiger partial charge in [0, 0.05) is 18.1 Å². The summed E-state index contributed by atoms with van der Waals surface area (Å²) >= 11 is 3.07. The van der Waals surface area contributed by atoms with E-state index in [0.29, 0.717) is 0 Å². The van der Waals surface area contributed by atoms with Crippen LogP contribution in [-0.2, 0) is 16.0 Å². The van der Waals surface area contributed by atoms with Crippen LogP contribution in [0.1, 0.15) is 12.5 Å². The van der Waals surface area contributed by atoms with E-state index in [2.05, 4.69) is 15.9 Å². The van der Waals surface area contributed by atoms with Gasteiger partial charge in [-0.1, -0.05) is 15.9 Å². The highest BCUT2D eigenvalue weighted by Gasteiger charge is 2.22. The van der Waals surface area contributed by atoms with Crippen LogP contribution in [0.5, 0.6) is 0 Å². The first-order chi connectivity index (χ1) is 8.45. The Hall–Kier alpha value is -1.50. The van der Waals surface area contributed by atoms with Crippen LogP contribution in [0.4, 0.5) is 10.1 Å². The molecule has 0 aliphatic rings. The minimum Gasteiger partial charge on any atom is -0.465 e. The lowest BCUT2D eigenvalue weighted by molar-refractivity contribution is -0.385. The quantitative estimate of drug-likeness (QED) is 0.362. The molecule has 1 aromatic carbocycles. The highest BCUT2D eigenvalue weighted by atomic mass is 79.9. The number of nitro groups is 1. The minimum absolute atomic E-state index is 0.00704. The maximum Gasteiger partial charge on any atom is 0.320 e. The molecule has 0 saturated carbocycles. The SMILES string of the molecule is CCOC(=O)C(Br)Cc1cc(F)ccc1[N+](=O)[O-]. The van der Waals surface area contributed by atoms with Crippen molar-refractivity contribution < 1.29 is 18.8 Å². The zero-order valence-electron chi connectivity index (χ0n) is 9.56. The van der Waals surface area contributed by atoms with Crippen LogP contribution < -0.4 is 0 Å². The molecule has 0 aliphatic heterocycles. The summed E-state index contributed by atoms with van der Waals surface area (Å²) in [5.74, 6) is -1.12. The fraction of sp³-hybridized carbons (Fsp3) is 0.364. The number of hydrogen-bond donors (Lipinski definition) is 0. The normalized spacial score (nSPS) is 11.9. The van der Waals surface area contributed by atoms with E-state index in [-0.39, 0.29) is 24.3 Å². The predicted molar refractivity (Wildman–Crippen MR) is 66.1 cm³/mol. The summed E-state index contributed by atoms with van der Waals surface area (Å²) in [6.45, 7) is 1.87. The van der Waals surface area contributed by atoms with Gasteiger partial charge in [0.15, 0.2) is 0 Å². The second-order valence-electron chi connectivity index (χ2n) is 3.45. The Balaban J connectivity index is 2.92. The van der Waals surface area contributed by atoms with Crippen LogP contribution in [0.3, 0.4) is 0 Å². The number of nitrogens with zero attached hydrogens (tertiary/aromatic N) is 1. The third kappa shape index (κ3) is 3.76. The molecule has 0 spiro atoms. The number of carbonyl (C=O) groups excluding carboxylic acids is 1. The average molecular weight is 320 g/mol. The van der Waals surface area contributed by atoms with E-state index >= 15 is 0 Å². The van der Waals surface area contributed by atoms with Gasteiger partial charge in [-0.15, -0.1) is 0 Å². The molecule has 1 unspecified atom stereocenters. The van der Waals surface area contributed by atoms with Crippen molar-refractivity contribution in [3.63, 3.8) is 0 Å². The van der Waals surface area contributed by atoms with Gasteiger partial charge in [0.2, 0.25) is 0 Å². The average Bonchev–Trinajstić information content (AvgIpc) is 2.28. The Morgan fingerprint density at radius 1 is 1.61 bits per heavy atom. The molecule has 0 bridgehead atoms. The number of esters is 1. The highest BCUT2D eigenvalue weighted by Crippen LogP contribution is 2.23. The van der Waals surface area contributed by atoms with Crippen molar-refractivity contribution >= 4 is 27.6 Å². The number of rotatable bonds is 5. The van der Waals surface area contributed by atoms with E-state index in [1.165, 1.54) is 0 Å². The van der Waals surface area contributed by atoms with Crippen LogP contribution in [0.25, 0.3) is 0 Å². The number of alkyl halides is 1. The first-order valence-corrected chi connectivity index (χ1v) is 6.10. The second kappa shape index (κ2) is 6.44. The van der Waals surface area contributed by atoms with Gasteiger partial charge >= 0.3 is 5.97 Å². The van der Waals surface area contributed by atoms with Crippen molar-refractivity contribution in [1.29, 1.82) is 0 Å². The van der Waals surface area contributed by atoms with Crippen LogP contribution in [-0.4, -0.2) is 22.3 Å². The standard InChI is InChI=1S/C11H11BrFNO4/c1-2-18-11(15)9(12)6-7-5-8(13)3-4-10(7)14(16)17/h3-5,9H,2,6H2,1H3. The topological polar surface area (TPSA) is 69.4 Å². The maximum absolute atomic E-state index is 13.1. The number of ether oxygens (including phenoxy) is 1. The molecule has 98 valence electrons. The van der Waals surface area contributed by atoms with Gasteiger partial charge in [-0.3, -0.25) is 14.9 Å². The molecule has 0 N–H and O–H groups in total. The van der Waals surface area contributed by atoms with Crippen LogP contribution in [0.2, 0.25) is 0 Å². The summed E-state index contributed by atoms with van der Waals surface area (Å²) in [5.41, 5.74) is -0.0694. The molecule has 0 aromatic heterocycles. The molecular formula is C11H11BrFNO4. The Morgan fingerprint density at radius 3 is 2.83 bits per heavy atom. The van der Waals surface area contributed by atoms with Crippen molar-refractivity contribution in [2.75, 3.05) is 6.61 Å². The maximum atomic E-state index is 13.1. The molecule has 0 saturated heterocycles. The van der Waals surface area contributed by atoms with Gasteiger partial charge in [-0.25, -0.2) is 4.39 Å². The number of nitro benzene ring substituents is 1. The smallest absolute Gasteiger partial charge is 0.320 e. The Kier molecular flexibility index (Phi) is 5.21. The predicted octanol–water partition coefficient (Wildman–Crippen LogP) is 2.60. The zero-order valence-corrected chi connectivity index (χ0v) is 11.1. The molecular weight excluding hydrogens is 309 g/mol. The van der Waals surface area contributed by atoms with Gasteiger partial charge in [-0.2, -0.15) is 0 Å². The van der Waals surface area contributed by atoms with Crippen LogP contribution in [0.15, 0.2) is 18.2 Å². The summed E-state index contributed by atoms with van der Waals surface area (Å²) < 4.78 is 17.8. The molecule has 0 fully saturated rings. The van der Waals surface area contributed by atoms with Crippen LogP contribution >= 0.6 is 15.9 Å². The first kappa shape index (κ1) is 14.6. The largest absolute Gasteiger partial charge is 0.465 e. The number of hydrogen-bond acceptors (Lipinski definition) is 4. The molecule has 0 amide bonds. The Bertz CT molecular complexity index is 466. The fourth-order valence-corrected chi connectivity index (χ4v) is 1.89. The Labute approximate surface area is 111 Å². The van der Waals surface area contributed by atoms with Gasteiger partial charge in [0.25, 0.3) is 5.69 Å². The third-order valence-electron chi connectivity index (χ3n) is 2.18. The minimum atomic E-state index is -0.738. The monoisotopic (exact) mass is 319 g/mol. The molecule has 18 heavy (non-hydrogen) atoms. The second-order valence-corrected chi connectivity index (χ2v) is 4.56. The van der Waals surface area contributed by atoms with Crippen molar-refractivity contribution in [3.05, 3.63) is 39.7 Å². The van der Waals surface area contributed by atoms with Gasteiger partial charge < -0.3 is 4.74 Å². The molecule has 0 aliphatic carbocycles. The lowest BCUT2D eigenvalue weighted by Gasteiger charge is -2.09. The molecule has 1 atom stereocenters. The summed E-state index contributed by atoms with van der Waals surface area (Å²) in [6, 6.07) is 3.14. The molecule has 1 aromatic rings. The van der Waals surface area contributed by atoms with E-state index in [9.17, 15) is 19.3 Å². The van der Waals surface area contributed by atoms with Crippen LogP contribution in [0, 0.1) is 15.9 Å². The zero-order chi connectivity index (χ0) is 13.7. The highest BCUT2D eigenvalue weighted by molar-refractivity contribution is 9.10. The van der Waals surface area contributed by atoms with Crippen molar-refractivity contribution in [1.82, 2.24) is 0 Å². The van der Waals surface area contributed by atoms with Crippen molar-refractivity contribution in [3.8, 4) is 0 Å². The summed E-state index contributed by atoms with van der Waals surface area (Å²) in [7, 11) is 0. The number of carbonyl (C=O) groups is 1. The fourth-order valence-electron chi connectivity index (χ4n) is 1.40. The number of halogens is 2. The van der Waals surface area contributed by atoms with Gasteiger partial charge in [0.05, 0.1) is 11.5 Å². The Morgan fingerprint density at radius 2 is 2.28 bits per heavy atom. The molecule has 0 radical (unpaired) electrons. The van der Waals surface area contributed by atoms with E-state index in [4.69, 9.17) is 4.74 Å². The lowest BCUT2D eigenvalue weighted by atomic mass is 10.1. The van der Waals surface area contributed by atoms with Gasteiger partial charge in [0.1, 0.15) is 10.6 Å². The summed E-state index contributed by atoms with van der Waals surface area (Å²) in [6.07, 6.45) is -0.00704. The van der Waals surface area contributed by atoms with Gasteiger partial charge in [-0.05, 0) is 19.1 Å². The van der Waals surface area contributed by atoms with E-state index in [1.54, 1.807) is 6.92 Å². The molecule has 7 heteroatoms. The van der Waals surface area contributed by atoms with E-state index in [1.807, 2.05) is 0 Å². The summed E-state index contributed by atoms with van der Waals surface area (Å²) in [4.78, 5) is 20.8. The molecule has 0 heterocycles. The number of benzene rings is 1. The first-order valence-electron chi connectivity index (χ1n) is 5.19. The van der Waals surface area contributed by atoms with Crippen molar-refractivity contribution in [2.24, 2.45) is 0 Å². The lowest BCUT2D eigenvalue weighted by Crippen LogP contribution is -2.20. The van der Waals surface area contributed by atoms with E-state index in [0.717, 1.165) is 18.2 Å².